The van der Waals surface area contributed by atoms with Crippen LogP contribution in [-0.2, 0) is 19.1 Å². The average Bonchev–Trinajstić information content (AvgIpc) is 3.07. The second-order valence-electron chi connectivity index (χ2n) is 11.5. The van der Waals surface area contributed by atoms with Gasteiger partial charge in [-0.15, -0.1) is 0 Å². The van der Waals surface area contributed by atoms with Crippen LogP contribution in [0.25, 0.3) is 0 Å². The zero-order valence-electron chi connectivity index (χ0n) is 19.9. The molecule has 0 heterocycles. The number of esters is 1. The van der Waals surface area contributed by atoms with Gasteiger partial charge in [0.1, 0.15) is 11.6 Å². The van der Waals surface area contributed by atoms with Gasteiger partial charge in [0.2, 0.25) is 0 Å². The van der Waals surface area contributed by atoms with Gasteiger partial charge in [-0.3, -0.25) is 14.4 Å². The Hall–Kier alpha value is -1.45. The molecule has 4 aliphatic rings. The van der Waals surface area contributed by atoms with Crippen molar-refractivity contribution >= 4 is 17.5 Å². The summed E-state index contributed by atoms with van der Waals surface area (Å²) in [7, 11) is 0. The van der Waals surface area contributed by atoms with Crippen molar-refractivity contribution in [3.63, 3.8) is 0 Å². The van der Waals surface area contributed by atoms with E-state index in [4.69, 9.17) is 4.74 Å². The van der Waals surface area contributed by atoms with Crippen LogP contribution in [0.4, 0.5) is 0 Å². The molecule has 0 saturated heterocycles. The summed E-state index contributed by atoms with van der Waals surface area (Å²) in [6, 6.07) is 0. The Morgan fingerprint density at radius 2 is 1.90 bits per heavy atom. The lowest BCUT2D eigenvalue weighted by atomic mass is 9.43. The van der Waals surface area contributed by atoms with E-state index in [-0.39, 0.29) is 41.0 Å². The van der Waals surface area contributed by atoms with Crippen molar-refractivity contribution in [3.05, 3.63) is 12.2 Å². The molecular formula is C27H40O4. The highest BCUT2D eigenvalue weighted by atomic mass is 16.5. The molecule has 8 atom stereocenters. The Morgan fingerprint density at radius 1 is 1.16 bits per heavy atom. The lowest BCUT2D eigenvalue weighted by Gasteiger charge is -2.59. The summed E-state index contributed by atoms with van der Waals surface area (Å²) < 4.78 is 5.10. The second-order valence-corrected chi connectivity index (χ2v) is 11.5. The molecule has 31 heavy (non-hydrogen) atoms. The third kappa shape index (κ3) is 3.53. The number of rotatable bonds is 5. The van der Waals surface area contributed by atoms with Gasteiger partial charge in [-0.2, -0.15) is 0 Å². The number of Topliss-reactive ketones (excluding diaryl/α,β-unsaturated/α-hetero) is 2. The molecule has 0 spiro atoms. The predicted octanol–water partition coefficient (Wildman–Crippen LogP) is 5.54. The highest BCUT2D eigenvalue weighted by molar-refractivity contribution is 5.92. The van der Waals surface area contributed by atoms with E-state index in [1.165, 1.54) is 5.57 Å². The Bertz CT molecular complexity index is 784. The minimum absolute atomic E-state index is 0.0394. The third-order valence-corrected chi connectivity index (χ3v) is 10.1. The molecule has 0 radical (unpaired) electrons. The van der Waals surface area contributed by atoms with Crippen molar-refractivity contribution in [2.75, 3.05) is 6.61 Å². The zero-order chi connectivity index (χ0) is 22.6. The number of fused-ring (bicyclic) bond motifs is 5. The first-order valence-corrected chi connectivity index (χ1v) is 12.5. The standard InChI is InChI=1S/C27H40O4/c1-6-31-24(30)10-7-17(3)19-8-9-20-25-21(15-23(29)27(19,20)5)26(4)12-11-16(2)13-18(26)14-22(25)28/h17-21,25H,2,6-15H2,1,3-5H3/t17-,18?,19?,20?,21?,25?,26?,27?/m1/s1. The number of carbonyl (C=O) groups excluding carboxylic acids is 3. The molecule has 4 aliphatic carbocycles. The first kappa shape index (κ1) is 22.7. The van der Waals surface area contributed by atoms with Gasteiger partial charge in [0.05, 0.1) is 6.61 Å². The molecule has 0 aliphatic heterocycles. The smallest absolute Gasteiger partial charge is 0.305 e. The van der Waals surface area contributed by atoms with Gasteiger partial charge < -0.3 is 4.74 Å². The lowest BCUT2D eigenvalue weighted by molar-refractivity contribution is -0.164. The molecule has 0 aromatic carbocycles. The zero-order valence-corrected chi connectivity index (χ0v) is 19.9. The summed E-state index contributed by atoms with van der Waals surface area (Å²) in [5.74, 6) is 1.94. The van der Waals surface area contributed by atoms with Crippen LogP contribution in [0.1, 0.15) is 85.5 Å². The molecule has 172 valence electrons. The predicted molar refractivity (Wildman–Crippen MR) is 120 cm³/mol. The molecule has 0 aromatic heterocycles. The minimum Gasteiger partial charge on any atom is -0.466 e. The number of allylic oxidation sites excluding steroid dienone is 1. The van der Waals surface area contributed by atoms with E-state index in [0.29, 0.717) is 43.4 Å². The van der Waals surface area contributed by atoms with Crippen LogP contribution in [0.2, 0.25) is 0 Å². The Morgan fingerprint density at radius 3 is 2.61 bits per heavy atom. The molecule has 4 saturated carbocycles. The SMILES string of the molecule is C=C1CCC2(C)C(C1)CC(=O)C1C2CC(=O)C2(C)C1CCC2[C@H](C)CCC(=O)OCC. The monoisotopic (exact) mass is 428 g/mol. The van der Waals surface area contributed by atoms with Crippen LogP contribution in [0, 0.1) is 46.3 Å². The van der Waals surface area contributed by atoms with Crippen LogP contribution in [0.3, 0.4) is 0 Å². The Kier molecular flexibility index (Phi) is 5.98. The van der Waals surface area contributed by atoms with E-state index >= 15 is 0 Å². The van der Waals surface area contributed by atoms with Gasteiger partial charge in [0, 0.05) is 30.6 Å². The number of ketones is 2. The van der Waals surface area contributed by atoms with Crippen LogP contribution in [0.5, 0.6) is 0 Å². The summed E-state index contributed by atoms with van der Waals surface area (Å²) in [5, 5.41) is 0. The average molecular weight is 429 g/mol. The van der Waals surface area contributed by atoms with Gasteiger partial charge >= 0.3 is 5.97 Å². The van der Waals surface area contributed by atoms with Gasteiger partial charge in [-0.25, -0.2) is 0 Å². The normalized spacial score (nSPS) is 43.1. The summed E-state index contributed by atoms with van der Waals surface area (Å²) in [6.07, 6.45) is 7.41. The molecule has 4 fully saturated rings. The van der Waals surface area contributed by atoms with Crippen molar-refractivity contribution in [1.29, 1.82) is 0 Å². The molecule has 4 nitrogen and oxygen atoms in total. The van der Waals surface area contributed by atoms with Crippen LogP contribution in [0.15, 0.2) is 12.2 Å². The highest BCUT2D eigenvalue weighted by Gasteiger charge is 2.65. The summed E-state index contributed by atoms with van der Waals surface area (Å²) in [6.45, 7) is 13.1. The van der Waals surface area contributed by atoms with Gasteiger partial charge in [0.25, 0.3) is 0 Å². The van der Waals surface area contributed by atoms with Gasteiger partial charge in [-0.1, -0.05) is 32.9 Å². The van der Waals surface area contributed by atoms with Crippen LogP contribution >= 0.6 is 0 Å². The van der Waals surface area contributed by atoms with E-state index in [1.807, 2.05) is 6.92 Å². The van der Waals surface area contributed by atoms with Gasteiger partial charge in [0.15, 0.2) is 0 Å². The van der Waals surface area contributed by atoms with Gasteiger partial charge in [-0.05, 0) is 80.5 Å². The first-order valence-electron chi connectivity index (χ1n) is 12.5. The van der Waals surface area contributed by atoms with E-state index in [9.17, 15) is 14.4 Å². The summed E-state index contributed by atoms with van der Waals surface area (Å²) in [4.78, 5) is 39.1. The fourth-order valence-electron chi connectivity index (χ4n) is 8.28. The first-order chi connectivity index (χ1) is 14.6. The molecule has 0 aromatic rings. The quantitative estimate of drug-likeness (QED) is 0.426. The van der Waals surface area contributed by atoms with E-state index in [2.05, 4.69) is 27.4 Å². The van der Waals surface area contributed by atoms with E-state index < -0.39 is 5.41 Å². The van der Waals surface area contributed by atoms with E-state index in [0.717, 1.165) is 38.5 Å². The maximum Gasteiger partial charge on any atom is 0.305 e. The van der Waals surface area contributed by atoms with Crippen LogP contribution in [-0.4, -0.2) is 24.1 Å². The minimum atomic E-state index is -0.424. The largest absolute Gasteiger partial charge is 0.466 e. The Labute approximate surface area is 187 Å². The Balaban J connectivity index is 1.57. The van der Waals surface area contributed by atoms with E-state index in [1.54, 1.807) is 0 Å². The highest BCUT2D eigenvalue weighted by Crippen LogP contribution is 2.66. The number of hydrogen-bond acceptors (Lipinski definition) is 4. The number of hydrogen-bond donors (Lipinski definition) is 0. The lowest BCUT2D eigenvalue weighted by Crippen LogP contribution is -2.59. The van der Waals surface area contributed by atoms with Crippen molar-refractivity contribution in [1.82, 2.24) is 0 Å². The summed E-state index contributed by atoms with van der Waals surface area (Å²) in [5.41, 5.74) is 0.938. The fourth-order valence-corrected chi connectivity index (χ4v) is 8.28. The summed E-state index contributed by atoms with van der Waals surface area (Å²) >= 11 is 0. The van der Waals surface area contributed by atoms with Crippen LogP contribution < -0.4 is 0 Å². The number of ether oxygens (including phenoxy) is 1. The topological polar surface area (TPSA) is 60.4 Å². The molecule has 0 N–H and O–H groups in total. The molecule has 7 unspecified atom stereocenters. The maximum absolute atomic E-state index is 13.8. The van der Waals surface area contributed by atoms with Crippen molar-refractivity contribution in [2.45, 2.75) is 85.5 Å². The van der Waals surface area contributed by atoms with Crippen molar-refractivity contribution in [3.8, 4) is 0 Å². The molecule has 4 heteroatoms. The third-order valence-electron chi connectivity index (χ3n) is 10.1. The number of carbonyl (C=O) groups is 3. The molecule has 0 amide bonds. The van der Waals surface area contributed by atoms with Crippen molar-refractivity contribution in [2.24, 2.45) is 46.3 Å². The second kappa shape index (κ2) is 8.15. The fraction of sp³-hybridized carbons (Fsp3) is 0.815. The molecular weight excluding hydrogens is 388 g/mol. The van der Waals surface area contributed by atoms with Crippen molar-refractivity contribution < 1.29 is 19.1 Å². The molecule has 4 rings (SSSR count). The molecule has 0 bridgehead atoms. The maximum atomic E-state index is 13.8.